The summed E-state index contributed by atoms with van der Waals surface area (Å²) in [4.78, 5) is 15.9. The van der Waals surface area contributed by atoms with Gasteiger partial charge in [-0.15, -0.1) is 0 Å². The lowest BCUT2D eigenvalue weighted by atomic mass is 10.2. The Hall–Kier alpha value is -2.25. The minimum atomic E-state index is -3.68. The second kappa shape index (κ2) is 8.56. The fourth-order valence-corrected chi connectivity index (χ4v) is 3.13. The largest absolute Gasteiger partial charge is 0.496 e. The van der Waals surface area contributed by atoms with Crippen molar-refractivity contribution in [1.82, 2.24) is 5.32 Å². The quantitative estimate of drug-likeness (QED) is 0.273. The van der Waals surface area contributed by atoms with E-state index in [1.165, 1.54) is 33.3 Å². The van der Waals surface area contributed by atoms with Crippen molar-refractivity contribution in [3.8, 4) is 11.9 Å². The first kappa shape index (κ1) is 19.8. The minimum Gasteiger partial charge on any atom is -0.496 e. The van der Waals surface area contributed by atoms with Gasteiger partial charge in [-0.05, 0) is 12.3 Å². The third-order valence-electron chi connectivity index (χ3n) is 2.98. The Kier molecular flexibility index (Phi) is 7.06. The highest BCUT2D eigenvalue weighted by molar-refractivity contribution is 8.13. The smallest absolute Gasteiger partial charge is 0.341 e. The van der Waals surface area contributed by atoms with Gasteiger partial charge in [-0.3, -0.25) is 5.32 Å². The third kappa shape index (κ3) is 4.39. The molecule has 1 aromatic rings. The minimum absolute atomic E-state index is 0.0232. The average Bonchev–Trinajstić information content (AvgIpc) is 2.59. The van der Waals surface area contributed by atoms with Crippen LogP contribution in [0.3, 0.4) is 0 Å². The van der Waals surface area contributed by atoms with Crippen LogP contribution < -0.4 is 10.1 Å². The fourth-order valence-electron chi connectivity index (χ4n) is 1.76. The van der Waals surface area contributed by atoms with E-state index in [1.54, 1.807) is 12.4 Å². The molecule has 8 nitrogen and oxygen atoms in total. The number of thioether (sulfide) groups is 1. The molecule has 0 aliphatic rings. The normalized spacial score (nSPS) is 11.5. The molecule has 0 aliphatic heterocycles. The number of methoxy groups -OCH3 is 2. The molecule has 0 unspecified atom stereocenters. The molecule has 0 aromatic heterocycles. The molecule has 0 saturated carbocycles. The van der Waals surface area contributed by atoms with Crippen molar-refractivity contribution in [1.29, 1.82) is 5.26 Å². The molecule has 0 amide bonds. The molecule has 0 aliphatic carbocycles. The van der Waals surface area contributed by atoms with Gasteiger partial charge in [0.15, 0.2) is 21.2 Å². The van der Waals surface area contributed by atoms with E-state index in [0.717, 1.165) is 11.8 Å². The first-order valence-electron chi connectivity index (χ1n) is 6.65. The van der Waals surface area contributed by atoms with Crippen LogP contribution in [0, 0.1) is 11.5 Å². The molecular formula is C14H17N3O5S2. The van der Waals surface area contributed by atoms with Crippen LogP contribution in [0.4, 0.5) is 5.69 Å². The van der Waals surface area contributed by atoms with E-state index in [0.29, 0.717) is 0 Å². The predicted molar refractivity (Wildman–Crippen MR) is 91.4 cm³/mol. The molecule has 130 valence electrons. The summed E-state index contributed by atoms with van der Waals surface area (Å²) in [5.74, 6) is -0.786. The number of amidine groups is 1. The average molecular weight is 371 g/mol. The number of carbonyl (C=O) groups is 1. The number of benzene rings is 1. The van der Waals surface area contributed by atoms with Crippen LogP contribution >= 0.6 is 11.8 Å². The number of nitrogens with zero attached hydrogens (tertiary/aromatic N) is 2. The first-order chi connectivity index (χ1) is 11.3. The Labute approximate surface area is 144 Å². The first-order valence-corrected chi connectivity index (χ1v) is 9.53. The zero-order valence-electron chi connectivity index (χ0n) is 13.6. The number of aliphatic imine (C=N–C) groups is 1. The highest BCUT2D eigenvalue weighted by Crippen LogP contribution is 2.34. The Morgan fingerprint density at radius 1 is 1.42 bits per heavy atom. The number of rotatable bonds is 5. The van der Waals surface area contributed by atoms with Gasteiger partial charge < -0.3 is 9.47 Å². The van der Waals surface area contributed by atoms with Crippen LogP contribution in [-0.4, -0.2) is 45.8 Å². The van der Waals surface area contributed by atoms with Gasteiger partial charge in [0.1, 0.15) is 11.3 Å². The molecule has 0 fully saturated rings. The summed E-state index contributed by atoms with van der Waals surface area (Å²) in [5.41, 5.74) is 0.0402. The summed E-state index contributed by atoms with van der Waals surface area (Å²) in [6.07, 6.45) is 3.40. The molecular weight excluding hydrogens is 354 g/mol. The van der Waals surface area contributed by atoms with Crippen LogP contribution in [0.2, 0.25) is 0 Å². The molecule has 24 heavy (non-hydrogen) atoms. The predicted octanol–water partition coefficient (Wildman–Crippen LogP) is 1.70. The van der Waals surface area contributed by atoms with Crippen LogP contribution in [0.25, 0.3) is 0 Å². The second-order valence-electron chi connectivity index (χ2n) is 4.27. The highest BCUT2D eigenvalue weighted by atomic mass is 32.2. The molecule has 10 heteroatoms. The molecule has 0 saturated heterocycles. The fraction of sp³-hybridized carbons (Fsp3) is 0.357. The lowest BCUT2D eigenvalue weighted by molar-refractivity contribution is 0.0597. The number of carbonyl (C=O) groups excluding carboxylic acids is 1. The van der Waals surface area contributed by atoms with Crippen LogP contribution in [0.1, 0.15) is 17.3 Å². The number of nitriles is 1. The Balaban J connectivity index is 3.74. The van der Waals surface area contributed by atoms with Gasteiger partial charge in [0, 0.05) is 6.07 Å². The number of esters is 1. The van der Waals surface area contributed by atoms with Gasteiger partial charge in [0.05, 0.1) is 30.6 Å². The van der Waals surface area contributed by atoms with Crippen molar-refractivity contribution in [3.63, 3.8) is 0 Å². The Morgan fingerprint density at radius 2 is 2.08 bits per heavy atom. The van der Waals surface area contributed by atoms with E-state index < -0.39 is 15.8 Å². The monoisotopic (exact) mass is 371 g/mol. The number of ether oxygens (including phenoxy) is 2. The lowest BCUT2D eigenvalue weighted by Crippen LogP contribution is -2.14. The van der Waals surface area contributed by atoms with E-state index >= 15 is 0 Å². The molecule has 0 radical (unpaired) electrons. The summed E-state index contributed by atoms with van der Waals surface area (Å²) < 4.78 is 34.5. The zero-order chi connectivity index (χ0) is 18.3. The van der Waals surface area contributed by atoms with Gasteiger partial charge in [0.2, 0.25) is 0 Å². The molecule has 0 spiro atoms. The summed E-state index contributed by atoms with van der Waals surface area (Å²) >= 11 is 1.13. The lowest BCUT2D eigenvalue weighted by Gasteiger charge is -2.13. The molecule has 1 rings (SSSR count). The van der Waals surface area contributed by atoms with E-state index in [4.69, 9.17) is 10.00 Å². The SMILES string of the molecule is CCS(=O)(=O)c1cc(C(=O)OC)c(OC)cc1N=C(NC#N)SC. The van der Waals surface area contributed by atoms with E-state index in [1.807, 2.05) is 0 Å². The molecule has 0 atom stereocenters. The maximum atomic E-state index is 12.4. The number of hydrogen-bond acceptors (Lipinski definition) is 8. The van der Waals surface area contributed by atoms with Crippen LogP contribution in [0.15, 0.2) is 22.0 Å². The van der Waals surface area contributed by atoms with Crippen molar-refractivity contribution >= 4 is 38.4 Å². The number of nitrogens with one attached hydrogen (secondary N) is 1. The maximum Gasteiger partial charge on any atom is 0.341 e. The number of hydrogen-bond donors (Lipinski definition) is 1. The molecule has 1 N–H and O–H groups in total. The maximum absolute atomic E-state index is 12.4. The summed E-state index contributed by atoms with van der Waals surface area (Å²) in [7, 11) is -1.15. The van der Waals surface area contributed by atoms with Crippen molar-refractivity contribution in [2.24, 2.45) is 4.99 Å². The van der Waals surface area contributed by atoms with E-state index in [-0.39, 0.29) is 32.8 Å². The van der Waals surface area contributed by atoms with Crippen molar-refractivity contribution in [2.45, 2.75) is 11.8 Å². The molecule has 1 aromatic carbocycles. The van der Waals surface area contributed by atoms with E-state index in [9.17, 15) is 13.2 Å². The highest BCUT2D eigenvalue weighted by Gasteiger charge is 2.24. The molecule has 0 bridgehead atoms. The van der Waals surface area contributed by atoms with Gasteiger partial charge in [-0.2, -0.15) is 5.26 Å². The third-order valence-corrected chi connectivity index (χ3v) is 5.32. The Bertz CT molecular complexity index is 797. The van der Waals surface area contributed by atoms with Gasteiger partial charge in [-0.25, -0.2) is 18.2 Å². The Morgan fingerprint density at radius 3 is 2.54 bits per heavy atom. The van der Waals surface area contributed by atoms with E-state index in [2.05, 4.69) is 15.0 Å². The van der Waals surface area contributed by atoms with Gasteiger partial charge >= 0.3 is 5.97 Å². The standard InChI is InChI=1S/C14H17N3O5S2/c1-5-24(19,20)12-6-9(13(18)22-3)11(21-2)7-10(12)17-14(23-4)16-8-15/h6-7H,5H2,1-4H3,(H,16,17). The van der Waals surface area contributed by atoms with Gasteiger partial charge in [-0.1, -0.05) is 18.7 Å². The van der Waals surface area contributed by atoms with Crippen LogP contribution in [-0.2, 0) is 14.6 Å². The molecule has 0 heterocycles. The summed E-state index contributed by atoms with van der Waals surface area (Å²) in [5, 5.41) is 11.3. The van der Waals surface area contributed by atoms with Crippen LogP contribution in [0.5, 0.6) is 5.75 Å². The summed E-state index contributed by atoms with van der Waals surface area (Å²) in [6.45, 7) is 1.48. The second-order valence-corrected chi connectivity index (χ2v) is 7.31. The van der Waals surface area contributed by atoms with Crippen molar-refractivity contribution in [2.75, 3.05) is 26.2 Å². The van der Waals surface area contributed by atoms with Crippen molar-refractivity contribution in [3.05, 3.63) is 17.7 Å². The van der Waals surface area contributed by atoms with Crippen molar-refractivity contribution < 1.29 is 22.7 Å². The number of sulfone groups is 1. The van der Waals surface area contributed by atoms with Gasteiger partial charge in [0.25, 0.3) is 0 Å². The topological polar surface area (TPSA) is 118 Å². The summed E-state index contributed by atoms with van der Waals surface area (Å²) in [6, 6.07) is 2.50. The zero-order valence-corrected chi connectivity index (χ0v) is 15.2.